The molecule has 1 heterocycles. The van der Waals surface area contributed by atoms with Gasteiger partial charge in [-0.15, -0.1) is 0 Å². The van der Waals surface area contributed by atoms with E-state index < -0.39 is 9.84 Å². The Balaban J connectivity index is 1.68. The summed E-state index contributed by atoms with van der Waals surface area (Å²) in [6.07, 6.45) is 5.93. The topological polar surface area (TPSA) is 101 Å². The molecular weight excluding hydrogens is 354 g/mol. The first-order valence-corrected chi connectivity index (χ1v) is 10.4. The van der Waals surface area contributed by atoms with Crippen molar-refractivity contribution in [2.45, 2.75) is 36.3 Å². The first-order chi connectivity index (χ1) is 12.2. The third-order valence-electron chi connectivity index (χ3n) is 4.74. The van der Waals surface area contributed by atoms with Gasteiger partial charge in [0.15, 0.2) is 9.84 Å². The lowest BCUT2D eigenvalue weighted by Crippen LogP contribution is -2.41. The molecule has 3 rings (SSSR count). The van der Waals surface area contributed by atoms with Crippen molar-refractivity contribution in [3.63, 3.8) is 0 Å². The maximum absolute atomic E-state index is 12.5. The minimum atomic E-state index is -3.25. The fraction of sp³-hybridized carbons (Fsp3) is 0.444. The van der Waals surface area contributed by atoms with Crippen molar-refractivity contribution in [1.29, 1.82) is 0 Å². The number of hydrogen-bond acceptors (Lipinski definition) is 5. The van der Waals surface area contributed by atoms with E-state index in [1.807, 2.05) is 13.2 Å². The number of carbonyl (C=O) groups excluding carboxylic acids is 1. The highest BCUT2D eigenvalue weighted by molar-refractivity contribution is 7.90. The summed E-state index contributed by atoms with van der Waals surface area (Å²) < 4.78 is 24.7. The fourth-order valence-corrected chi connectivity index (χ4v) is 3.87. The van der Waals surface area contributed by atoms with Crippen molar-refractivity contribution in [1.82, 2.24) is 15.1 Å². The Hall–Kier alpha value is -2.19. The minimum absolute atomic E-state index is 0.146. The van der Waals surface area contributed by atoms with E-state index in [0.29, 0.717) is 12.8 Å². The average Bonchev–Trinajstić information content (AvgIpc) is 2.96. The van der Waals surface area contributed by atoms with Crippen LogP contribution in [-0.2, 0) is 28.1 Å². The number of nitrogens with zero attached hydrogens (tertiary/aromatic N) is 2. The lowest BCUT2D eigenvalue weighted by molar-refractivity contribution is -0.122. The Labute approximate surface area is 153 Å². The zero-order chi connectivity index (χ0) is 18.9. The van der Waals surface area contributed by atoms with E-state index >= 15 is 0 Å². The van der Waals surface area contributed by atoms with Crippen LogP contribution in [0.1, 0.15) is 30.0 Å². The molecule has 0 unspecified atom stereocenters. The van der Waals surface area contributed by atoms with E-state index in [1.165, 1.54) is 12.1 Å². The molecule has 0 spiro atoms. The van der Waals surface area contributed by atoms with Gasteiger partial charge < -0.3 is 10.4 Å². The maximum atomic E-state index is 12.5. The number of aromatic nitrogens is 2. The standard InChI is InChI=1S/C18H23N3O4S/c1-21-11-14(10-19-21)18(13-8-15(22)9-13)20-17(23)7-12-3-5-16(6-4-12)26(2,24)25/h3-6,10-11,13,15,18,22H,7-9H2,1-2H3,(H,20,23)/t13?,15?,18-/m0/s1. The van der Waals surface area contributed by atoms with Crippen LogP contribution in [0.3, 0.4) is 0 Å². The molecule has 1 atom stereocenters. The highest BCUT2D eigenvalue weighted by Gasteiger charge is 2.36. The molecule has 1 aliphatic carbocycles. The van der Waals surface area contributed by atoms with Crippen molar-refractivity contribution in [2.75, 3.05) is 6.26 Å². The molecule has 0 bridgehead atoms. The lowest BCUT2D eigenvalue weighted by Gasteiger charge is -2.37. The first kappa shape index (κ1) is 18.6. The van der Waals surface area contributed by atoms with E-state index in [1.54, 1.807) is 23.0 Å². The number of aryl methyl sites for hydroxylation is 1. The van der Waals surface area contributed by atoms with Crippen molar-refractivity contribution < 1.29 is 18.3 Å². The third-order valence-corrected chi connectivity index (χ3v) is 5.87. The molecule has 2 aromatic rings. The second-order valence-electron chi connectivity index (χ2n) is 6.97. The van der Waals surface area contributed by atoms with Crippen LogP contribution in [-0.4, -0.2) is 41.6 Å². The number of carbonyl (C=O) groups is 1. The molecule has 8 heteroatoms. The van der Waals surface area contributed by atoms with Gasteiger partial charge in [-0.1, -0.05) is 12.1 Å². The number of benzene rings is 1. The van der Waals surface area contributed by atoms with Crippen molar-refractivity contribution >= 4 is 15.7 Å². The summed E-state index contributed by atoms with van der Waals surface area (Å²) in [5, 5.41) is 16.8. The minimum Gasteiger partial charge on any atom is -0.393 e. The number of rotatable bonds is 6. The molecule has 1 amide bonds. The van der Waals surface area contributed by atoms with E-state index in [0.717, 1.165) is 17.4 Å². The SMILES string of the molecule is Cn1cc([C@@H](NC(=O)Cc2ccc(S(C)(=O)=O)cc2)C2CC(O)C2)cn1. The molecule has 140 valence electrons. The Kier molecular flexibility index (Phi) is 5.15. The van der Waals surface area contributed by atoms with Gasteiger partial charge in [-0.25, -0.2) is 8.42 Å². The molecule has 0 radical (unpaired) electrons. The summed E-state index contributed by atoms with van der Waals surface area (Å²) in [6.45, 7) is 0. The molecular formula is C18H23N3O4S. The van der Waals surface area contributed by atoms with Crippen LogP contribution < -0.4 is 5.32 Å². The predicted octanol–water partition coefficient (Wildman–Crippen LogP) is 0.994. The van der Waals surface area contributed by atoms with Gasteiger partial charge in [0.1, 0.15) is 0 Å². The average molecular weight is 377 g/mol. The monoisotopic (exact) mass is 377 g/mol. The second-order valence-corrected chi connectivity index (χ2v) is 8.99. The summed E-state index contributed by atoms with van der Waals surface area (Å²) in [5.74, 6) is 0.0399. The summed E-state index contributed by atoms with van der Waals surface area (Å²) in [5.41, 5.74) is 1.67. The van der Waals surface area contributed by atoms with Crippen molar-refractivity contribution in [3.05, 3.63) is 47.8 Å². The van der Waals surface area contributed by atoms with Gasteiger partial charge in [-0.3, -0.25) is 9.48 Å². The Bertz CT molecular complexity index is 883. The number of aliphatic hydroxyl groups is 1. The van der Waals surface area contributed by atoms with E-state index in [2.05, 4.69) is 10.4 Å². The fourth-order valence-electron chi connectivity index (χ4n) is 3.24. The zero-order valence-electron chi connectivity index (χ0n) is 14.8. The van der Waals surface area contributed by atoms with Gasteiger partial charge in [0.2, 0.25) is 5.91 Å². The Morgan fingerprint density at radius 3 is 2.50 bits per heavy atom. The molecule has 1 aromatic carbocycles. The number of amides is 1. The molecule has 1 saturated carbocycles. The summed E-state index contributed by atoms with van der Waals surface area (Å²) in [4.78, 5) is 12.7. The van der Waals surface area contributed by atoms with Crippen molar-refractivity contribution in [3.8, 4) is 0 Å². The van der Waals surface area contributed by atoms with Crippen LogP contribution in [0.5, 0.6) is 0 Å². The molecule has 1 aromatic heterocycles. The molecule has 2 N–H and O–H groups in total. The van der Waals surface area contributed by atoms with E-state index in [4.69, 9.17) is 0 Å². The maximum Gasteiger partial charge on any atom is 0.224 e. The molecule has 7 nitrogen and oxygen atoms in total. The van der Waals surface area contributed by atoms with Gasteiger partial charge in [0.25, 0.3) is 0 Å². The van der Waals surface area contributed by atoms with Gasteiger partial charge >= 0.3 is 0 Å². The summed E-state index contributed by atoms with van der Waals surface area (Å²) >= 11 is 0. The molecule has 0 aliphatic heterocycles. The summed E-state index contributed by atoms with van der Waals surface area (Å²) in [6, 6.07) is 6.15. The predicted molar refractivity (Wildman–Crippen MR) is 96.1 cm³/mol. The molecule has 26 heavy (non-hydrogen) atoms. The largest absolute Gasteiger partial charge is 0.393 e. The van der Waals surface area contributed by atoms with Crippen LogP contribution in [0.2, 0.25) is 0 Å². The smallest absolute Gasteiger partial charge is 0.224 e. The van der Waals surface area contributed by atoms with E-state index in [9.17, 15) is 18.3 Å². The zero-order valence-corrected chi connectivity index (χ0v) is 15.6. The number of hydrogen-bond donors (Lipinski definition) is 2. The van der Waals surface area contributed by atoms with E-state index in [-0.39, 0.29) is 35.3 Å². The van der Waals surface area contributed by atoms with Crippen LogP contribution in [0.4, 0.5) is 0 Å². The number of aliphatic hydroxyl groups excluding tert-OH is 1. The van der Waals surface area contributed by atoms with Crippen LogP contribution in [0.25, 0.3) is 0 Å². The van der Waals surface area contributed by atoms with Crippen LogP contribution in [0.15, 0.2) is 41.6 Å². The molecule has 1 aliphatic rings. The van der Waals surface area contributed by atoms with Gasteiger partial charge in [-0.2, -0.15) is 5.10 Å². The lowest BCUT2D eigenvalue weighted by atomic mass is 9.75. The highest BCUT2D eigenvalue weighted by Crippen LogP contribution is 2.38. The van der Waals surface area contributed by atoms with Crippen LogP contribution in [0, 0.1) is 5.92 Å². The van der Waals surface area contributed by atoms with Crippen LogP contribution >= 0.6 is 0 Å². The number of nitrogens with one attached hydrogen (secondary N) is 1. The second kappa shape index (κ2) is 7.20. The molecule has 1 fully saturated rings. The third kappa shape index (κ3) is 4.31. The normalized spacial score (nSPS) is 21.0. The Morgan fingerprint density at radius 1 is 1.35 bits per heavy atom. The molecule has 0 saturated heterocycles. The van der Waals surface area contributed by atoms with Gasteiger partial charge in [-0.05, 0) is 36.5 Å². The van der Waals surface area contributed by atoms with Gasteiger partial charge in [0, 0.05) is 25.1 Å². The highest BCUT2D eigenvalue weighted by atomic mass is 32.2. The number of sulfone groups is 1. The summed E-state index contributed by atoms with van der Waals surface area (Å²) in [7, 11) is -1.43. The Morgan fingerprint density at radius 2 is 2.00 bits per heavy atom. The van der Waals surface area contributed by atoms with Crippen molar-refractivity contribution in [2.24, 2.45) is 13.0 Å². The first-order valence-electron chi connectivity index (χ1n) is 8.47. The van der Waals surface area contributed by atoms with Gasteiger partial charge in [0.05, 0.1) is 29.7 Å². The quantitative estimate of drug-likeness (QED) is 0.782.